The maximum Gasteiger partial charge on any atom is 0.420 e. The molecule has 0 amide bonds. The molecule has 0 aliphatic carbocycles. The van der Waals surface area contributed by atoms with Crippen molar-refractivity contribution in [2.75, 3.05) is 0 Å². The number of benzene rings is 1. The molecule has 0 atom stereocenters. The number of oxazole rings is 1. The first kappa shape index (κ1) is 13.2. The largest absolute Gasteiger partial charge is 0.458 e. The zero-order valence-electron chi connectivity index (χ0n) is 11.2. The molecule has 0 aliphatic heterocycles. The minimum Gasteiger partial charge on any atom is -0.458 e. The second-order valence-corrected chi connectivity index (χ2v) is 4.51. The number of carbonyl (C=O) groups excluding carboxylic acids is 1. The highest BCUT2D eigenvalue weighted by molar-refractivity contribution is 5.76. The van der Waals surface area contributed by atoms with Crippen molar-refractivity contribution in [2.24, 2.45) is 0 Å². The van der Waals surface area contributed by atoms with Gasteiger partial charge in [-0.05, 0) is 19.1 Å². The van der Waals surface area contributed by atoms with Gasteiger partial charge in [0.05, 0.1) is 5.52 Å². The molecule has 0 radical (unpaired) electrons. The lowest BCUT2D eigenvalue weighted by molar-refractivity contribution is -0.145. The number of aromatic nitrogens is 2. The Morgan fingerprint density at radius 1 is 1.38 bits per heavy atom. The Kier molecular flexibility index (Phi) is 3.31. The predicted octanol–water partition coefficient (Wildman–Crippen LogP) is 1.63. The van der Waals surface area contributed by atoms with Crippen molar-refractivity contribution in [3.05, 3.63) is 52.3 Å². The van der Waals surface area contributed by atoms with E-state index in [0.29, 0.717) is 22.6 Å². The fourth-order valence-electron chi connectivity index (χ4n) is 1.98. The summed E-state index contributed by atoms with van der Waals surface area (Å²) in [5.74, 6) is -0.507. The van der Waals surface area contributed by atoms with Crippen LogP contribution in [-0.2, 0) is 22.7 Å². The molecule has 2 heterocycles. The lowest BCUT2D eigenvalue weighted by Gasteiger charge is -2.03. The van der Waals surface area contributed by atoms with E-state index in [1.165, 1.54) is 4.57 Å². The van der Waals surface area contributed by atoms with Crippen LogP contribution >= 0.6 is 0 Å². The zero-order valence-corrected chi connectivity index (χ0v) is 11.2. The molecule has 0 bridgehead atoms. The van der Waals surface area contributed by atoms with E-state index in [-0.39, 0.29) is 13.2 Å². The Morgan fingerprint density at radius 3 is 2.95 bits per heavy atom. The van der Waals surface area contributed by atoms with E-state index in [1.54, 1.807) is 37.3 Å². The average molecular weight is 288 g/mol. The summed E-state index contributed by atoms with van der Waals surface area (Å²) in [6.45, 7) is 1.53. The summed E-state index contributed by atoms with van der Waals surface area (Å²) in [6.07, 6.45) is 0. The van der Waals surface area contributed by atoms with Crippen LogP contribution in [0.25, 0.3) is 11.1 Å². The van der Waals surface area contributed by atoms with Crippen LogP contribution in [0.5, 0.6) is 0 Å². The van der Waals surface area contributed by atoms with Gasteiger partial charge in [0, 0.05) is 6.07 Å². The smallest absolute Gasteiger partial charge is 0.420 e. The van der Waals surface area contributed by atoms with E-state index in [4.69, 9.17) is 13.7 Å². The standard InChI is InChI=1S/C14H12N2O5/c1-9-6-10(15-21-9)8-19-13(17)7-16-11-4-2-3-5-12(11)20-14(16)18/h2-6H,7-8H2,1H3. The van der Waals surface area contributed by atoms with E-state index in [1.807, 2.05) is 0 Å². The number of rotatable bonds is 4. The number of esters is 1. The first-order chi connectivity index (χ1) is 10.1. The fraction of sp³-hybridized carbons (Fsp3) is 0.214. The fourth-order valence-corrected chi connectivity index (χ4v) is 1.98. The van der Waals surface area contributed by atoms with E-state index >= 15 is 0 Å². The number of fused-ring (bicyclic) bond motifs is 1. The first-order valence-electron chi connectivity index (χ1n) is 6.29. The Balaban J connectivity index is 1.71. The molecule has 0 aliphatic rings. The van der Waals surface area contributed by atoms with Gasteiger partial charge in [-0.1, -0.05) is 17.3 Å². The van der Waals surface area contributed by atoms with Gasteiger partial charge >= 0.3 is 11.7 Å². The van der Waals surface area contributed by atoms with E-state index in [9.17, 15) is 9.59 Å². The van der Waals surface area contributed by atoms with Crippen molar-refractivity contribution in [2.45, 2.75) is 20.1 Å². The maximum atomic E-state index is 11.8. The number of para-hydroxylation sites is 2. The molecule has 3 aromatic rings. The van der Waals surface area contributed by atoms with Gasteiger partial charge in [-0.15, -0.1) is 0 Å². The van der Waals surface area contributed by atoms with E-state index in [0.717, 1.165) is 0 Å². The number of ether oxygens (including phenoxy) is 1. The van der Waals surface area contributed by atoms with Crippen molar-refractivity contribution < 1.29 is 18.5 Å². The van der Waals surface area contributed by atoms with Gasteiger partial charge in [0.2, 0.25) is 0 Å². The predicted molar refractivity (Wildman–Crippen MR) is 71.5 cm³/mol. The monoisotopic (exact) mass is 288 g/mol. The van der Waals surface area contributed by atoms with Gasteiger partial charge in [0.1, 0.15) is 24.6 Å². The van der Waals surface area contributed by atoms with Crippen LogP contribution in [0.4, 0.5) is 0 Å². The van der Waals surface area contributed by atoms with Gasteiger partial charge in [-0.3, -0.25) is 9.36 Å². The van der Waals surface area contributed by atoms with E-state index in [2.05, 4.69) is 5.16 Å². The molecule has 3 rings (SSSR count). The summed E-state index contributed by atoms with van der Waals surface area (Å²) >= 11 is 0. The van der Waals surface area contributed by atoms with Crippen molar-refractivity contribution >= 4 is 17.1 Å². The molecular formula is C14H12N2O5. The summed E-state index contributed by atoms with van der Waals surface area (Å²) in [4.78, 5) is 23.5. The van der Waals surface area contributed by atoms with Gasteiger partial charge in [0.15, 0.2) is 5.58 Å². The molecular weight excluding hydrogens is 276 g/mol. The van der Waals surface area contributed by atoms with Crippen LogP contribution in [-0.4, -0.2) is 15.7 Å². The van der Waals surface area contributed by atoms with Gasteiger partial charge < -0.3 is 13.7 Å². The van der Waals surface area contributed by atoms with Gasteiger partial charge in [-0.25, -0.2) is 4.79 Å². The molecule has 0 N–H and O–H groups in total. The molecule has 0 fully saturated rings. The quantitative estimate of drug-likeness (QED) is 0.678. The van der Waals surface area contributed by atoms with Crippen LogP contribution in [0.1, 0.15) is 11.5 Å². The molecule has 108 valence electrons. The first-order valence-corrected chi connectivity index (χ1v) is 6.29. The van der Waals surface area contributed by atoms with Crippen LogP contribution < -0.4 is 5.76 Å². The van der Waals surface area contributed by atoms with Crippen LogP contribution in [0.15, 0.2) is 44.1 Å². The maximum absolute atomic E-state index is 11.8. The number of carbonyl (C=O) groups is 1. The molecule has 1 aromatic carbocycles. The highest BCUT2D eigenvalue weighted by Gasteiger charge is 2.13. The highest BCUT2D eigenvalue weighted by Crippen LogP contribution is 2.12. The SMILES string of the molecule is Cc1cc(COC(=O)Cn2c(=O)oc3ccccc32)no1. The summed E-state index contributed by atoms with van der Waals surface area (Å²) in [7, 11) is 0. The molecule has 7 nitrogen and oxygen atoms in total. The van der Waals surface area contributed by atoms with Crippen LogP contribution in [0.2, 0.25) is 0 Å². The Bertz CT molecular complexity index is 842. The third kappa shape index (κ3) is 2.71. The van der Waals surface area contributed by atoms with Crippen LogP contribution in [0.3, 0.4) is 0 Å². The normalized spacial score (nSPS) is 10.9. The van der Waals surface area contributed by atoms with Gasteiger partial charge in [-0.2, -0.15) is 0 Å². The second kappa shape index (κ2) is 5.28. The summed E-state index contributed by atoms with van der Waals surface area (Å²) in [5.41, 5.74) is 1.50. The van der Waals surface area contributed by atoms with Crippen molar-refractivity contribution in [3.8, 4) is 0 Å². The highest BCUT2D eigenvalue weighted by atomic mass is 16.5. The Hall–Kier alpha value is -2.83. The summed E-state index contributed by atoms with van der Waals surface area (Å²) in [5, 5.41) is 3.71. The summed E-state index contributed by atoms with van der Waals surface area (Å²) in [6, 6.07) is 8.55. The van der Waals surface area contributed by atoms with Crippen LogP contribution in [0, 0.1) is 6.92 Å². The van der Waals surface area contributed by atoms with Gasteiger partial charge in [0.25, 0.3) is 0 Å². The minimum absolute atomic E-state index is 0.000702. The topological polar surface area (TPSA) is 87.5 Å². The third-order valence-electron chi connectivity index (χ3n) is 2.92. The molecule has 0 spiro atoms. The molecule has 0 unspecified atom stereocenters. The Labute approximate surface area is 118 Å². The summed E-state index contributed by atoms with van der Waals surface area (Å²) < 4.78 is 16.2. The zero-order chi connectivity index (χ0) is 14.8. The molecule has 21 heavy (non-hydrogen) atoms. The molecule has 7 heteroatoms. The number of hydrogen-bond acceptors (Lipinski definition) is 6. The minimum atomic E-state index is -0.592. The lowest BCUT2D eigenvalue weighted by atomic mass is 10.3. The van der Waals surface area contributed by atoms with E-state index < -0.39 is 11.7 Å². The van der Waals surface area contributed by atoms with Crippen molar-refractivity contribution in [1.82, 2.24) is 9.72 Å². The number of hydrogen-bond donors (Lipinski definition) is 0. The third-order valence-corrected chi connectivity index (χ3v) is 2.92. The van der Waals surface area contributed by atoms with Crippen molar-refractivity contribution in [3.63, 3.8) is 0 Å². The van der Waals surface area contributed by atoms with Crippen molar-refractivity contribution in [1.29, 1.82) is 0 Å². The average Bonchev–Trinajstić information content (AvgIpc) is 3.01. The molecule has 0 saturated carbocycles. The lowest BCUT2D eigenvalue weighted by Crippen LogP contribution is -2.21. The number of aryl methyl sites for hydroxylation is 1. The molecule has 0 saturated heterocycles. The number of nitrogens with zero attached hydrogens (tertiary/aromatic N) is 2. The Morgan fingerprint density at radius 2 is 2.19 bits per heavy atom. The second-order valence-electron chi connectivity index (χ2n) is 4.51. The molecule has 2 aromatic heterocycles.